The molecule has 6 unspecified atom stereocenters. The summed E-state index contributed by atoms with van der Waals surface area (Å²) < 4.78 is 69.0. The van der Waals surface area contributed by atoms with Crippen molar-refractivity contribution in [2.45, 2.75) is 149 Å². The van der Waals surface area contributed by atoms with Gasteiger partial charge in [-0.05, 0) is 48.0 Å². The van der Waals surface area contributed by atoms with Gasteiger partial charge in [0.2, 0.25) is 0 Å². The third-order valence-electron chi connectivity index (χ3n) is 6.36. The summed E-state index contributed by atoms with van der Waals surface area (Å²) in [5.74, 6) is 0. The van der Waals surface area contributed by atoms with Gasteiger partial charge in [-0.25, -0.2) is 4.18 Å². The molecule has 1 N–H and O–H groups in total. The van der Waals surface area contributed by atoms with Crippen LogP contribution in [-0.2, 0) is 43.0 Å². The maximum Gasteiger partial charge on any atom is 0.397 e. The number of hydrogen-bond donors (Lipinski definition) is 1. The second-order valence-corrected chi connectivity index (χ2v) is 12.4. The van der Waals surface area contributed by atoms with Crippen LogP contribution < -0.4 is 0 Å². The predicted octanol–water partition coefficient (Wildman–Crippen LogP) is 6.16. The summed E-state index contributed by atoms with van der Waals surface area (Å²) >= 11 is 0. The Morgan fingerprint density at radius 3 is 1.17 bits per heavy atom. The molecule has 11 heteroatoms. The average molecular weight is 615 g/mol. The normalized spacial score (nSPS) is 16.8. The van der Waals surface area contributed by atoms with Gasteiger partial charge in [-0.1, -0.05) is 64.7 Å². The quantitative estimate of drug-likeness (QED) is 0.0744. The lowest BCUT2D eigenvalue weighted by atomic mass is 10.1. The Bertz CT molecular complexity index is 678. The molecule has 0 aromatic carbocycles. The van der Waals surface area contributed by atoms with Gasteiger partial charge in [0.1, 0.15) is 0 Å². The minimum absolute atomic E-state index is 0.0106. The molecule has 0 radical (unpaired) electrons. The molecular formula is C30H62O10S. The van der Waals surface area contributed by atoms with Crippen LogP contribution in [0.5, 0.6) is 0 Å². The van der Waals surface area contributed by atoms with Crippen molar-refractivity contribution in [1.82, 2.24) is 0 Å². The van der Waals surface area contributed by atoms with Crippen LogP contribution in [0.1, 0.15) is 113 Å². The maximum absolute atomic E-state index is 10.7. The summed E-state index contributed by atoms with van der Waals surface area (Å²) in [6, 6.07) is 0. The van der Waals surface area contributed by atoms with E-state index in [0.717, 1.165) is 13.0 Å². The molecule has 10 nitrogen and oxygen atoms in total. The molecule has 0 bridgehead atoms. The molecule has 248 valence electrons. The second-order valence-electron chi connectivity index (χ2n) is 11.3. The van der Waals surface area contributed by atoms with E-state index in [1.54, 1.807) is 6.92 Å². The van der Waals surface area contributed by atoms with E-state index in [1.807, 2.05) is 27.7 Å². The van der Waals surface area contributed by atoms with Crippen LogP contribution >= 0.6 is 0 Å². The largest absolute Gasteiger partial charge is 0.397 e. The van der Waals surface area contributed by atoms with Crippen LogP contribution in [0.15, 0.2) is 0 Å². The van der Waals surface area contributed by atoms with Crippen LogP contribution in [0.2, 0.25) is 0 Å². The molecule has 0 rings (SSSR count). The first kappa shape index (κ1) is 40.6. The molecule has 6 atom stereocenters. The van der Waals surface area contributed by atoms with Crippen LogP contribution in [0.25, 0.3) is 0 Å². The molecule has 0 saturated carbocycles. The number of rotatable bonds is 30. The molecule has 0 fully saturated rings. The molecule has 0 aliphatic carbocycles. The zero-order valence-corrected chi connectivity index (χ0v) is 27.8. The Hall–Kier alpha value is -0.370. The second kappa shape index (κ2) is 26.1. The fraction of sp³-hybridized carbons (Fsp3) is 1.00. The van der Waals surface area contributed by atoms with Gasteiger partial charge >= 0.3 is 10.4 Å². The highest BCUT2D eigenvalue weighted by Crippen LogP contribution is 2.11. The maximum atomic E-state index is 10.7. The molecule has 0 amide bonds. The molecule has 41 heavy (non-hydrogen) atoms. The first-order valence-corrected chi connectivity index (χ1v) is 17.1. The Balaban J connectivity index is 3.70. The number of ether oxygens (including phenoxy) is 6. The smallest absolute Gasteiger partial charge is 0.379 e. The highest BCUT2D eigenvalue weighted by Gasteiger charge is 2.16. The van der Waals surface area contributed by atoms with Crippen molar-refractivity contribution in [3.8, 4) is 0 Å². The molecular weight excluding hydrogens is 552 g/mol. The van der Waals surface area contributed by atoms with Crippen LogP contribution in [0.4, 0.5) is 0 Å². The molecule has 0 aliphatic heterocycles. The fourth-order valence-corrected chi connectivity index (χ4v) is 4.39. The Kier molecular flexibility index (Phi) is 25.8. The van der Waals surface area contributed by atoms with Crippen molar-refractivity contribution in [2.24, 2.45) is 0 Å². The molecule has 0 aliphatic rings. The van der Waals surface area contributed by atoms with E-state index in [4.69, 9.17) is 33.0 Å². The van der Waals surface area contributed by atoms with E-state index >= 15 is 0 Å². The van der Waals surface area contributed by atoms with E-state index in [0.29, 0.717) is 33.0 Å². The van der Waals surface area contributed by atoms with Gasteiger partial charge in [0.25, 0.3) is 0 Å². The van der Waals surface area contributed by atoms with Crippen molar-refractivity contribution in [1.29, 1.82) is 0 Å². The molecule has 0 aromatic heterocycles. The van der Waals surface area contributed by atoms with Gasteiger partial charge in [0.05, 0.1) is 76.3 Å². The van der Waals surface area contributed by atoms with Crippen molar-refractivity contribution >= 4 is 10.4 Å². The predicted molar refractivity (Wildman–Crippen MR) is 162 cm³/mol. The Morgan fingerprint density at radius 2 is 0.805 bits per heavy atom. The monoisotopic (exact) mass is 614 g/mol. The highest BCUT2D eigenvalue weighted by atomic mass is 32.3. The van der Waals surface area contributed by atoms with Crippen molar-refractivity contribution in [2.75, 3.05) is 46.2 Å². The van der Waals surface area contributed by atoms with Gasteiger partial charge in [0, 0.05) is 6.61 Å². The molecule has 0 saturated heterocycles. The van der Waals surface area contributed by atoms with E-state index in [2.05, 4.69) is 11.1 Å². The standard InChI is InChI=1S/C30H62O10S/c1-8-9-10-11-12-13-14-15-16-17-18-34-19-25(2)35-20-26(3)36-21-27(4)37-22-28(5)38-23-29(6)39-24-30(7)40-41(31,32)33/h25-30H,8-24H2,1-7H3,(H,31,32,33). The molecule has 0 spiro atoms. The minimum Gasteiger partial charge on any atom is -0.379 e. The van der Waals surface area contributed by atoms with Gasteiger partial charge < -0.3 is 28.4 Å². The topological polar surface area (TPSA) is 119 Å². The Morgan fingerprint density at radius 1 is 0.488 bits per heavy atom. The lowest BCUT2D eigenvalue weighted by Crippen LogP contribution is -2.30. The van der Waals surface area contributed by atoms with Crippen molar-refractivity contribution < 1.29 is 45.6 Å². The van der Waals surface area contributed by atoms with Gasteiger partial charge in [0.15, 0.2) is 0 Å². The van der Waals surface area contributed by atoms with E-state index in [9.17, 15) is 8.42 Å². The van der Waals surface area contributed by atoms with Crippen LogP contribution in [0, 0.1) is 0 Å². The third-order valence-corrected chi connectivity index (χ3v) is 6.93. The van der Waals surface area contributed by atoms with E-state index < -0.39 is 16.5 Å². The van der Waals surface area contributed by atoms with Gasteiger partial charge in [-0.15, -0.1) is 0 Å². The lowest BCUT2D eigenvalue weighted by molar-refractivity contribution is -0.101. The fourth-order valence-electron chi connectivity index (χ4n) is 3.92. The summed E-state index contributed by atoms with van der Waals surface area (Å²) in [4.78, 5) is 0. The number of hydrogen-bond acceptors (Lipinski definition) is 9. The van der Waals surface area contributed by atoms with E-state index in [1.165, 1.54) is 64.7 Å². The highest BCUT2D eigenvalue weighted by molar-refractivity contribution is 7.80. The average Bonchev–Trinajstić information content (AvgIpc) is 2.91. The number of unbranched alkanes of at least 4 members (excludes halogenated alkanes) is 9. The third kappa shape index (κ3) is 29.5. The summed E-state index contributed by atoms with van der Waals surface area (Å²) in [6.07, 6.45) is 11.9. The van der Waals surface area contributed by atoms with E-state index in [-0.39, 0.29) is 37.1 Å². The van der Waals surface area contributed by atoms with Crippen molar-refractivity contribution in [3.63, 3.8) is 0 Å². The zero-order chi connectivity index (χ0) is 30.9. The van der Waals surface area contributed by atoms with Gasteiger partial charge in [-0.2, -0.15) is 8.42 Å². The van der Waals surface area contributed by atoms with Crippen LogP contribution in [-0.4, -0.2) is 95.8 Å². The molecule has 0 heterocycles. The van der Waals surface area contributed by atoms with Crippen molar-refractivity contribution in [3.05, 3.63) is 0 Å². The summed E-state index contributed by atoms with van der Waals surface area (Å²) in [7, 11) is -4.49. The first-order chi connectivity index (χ1) is 19.4. The summed E-state index contributed by atoms with van der Waals surface area (Å²) in [5, 5.41) is 0. The summed E-state index contributed by atoms with van der Waals surface area (Å²) in [6.45, 7) is 16.5. The SMILES string of the molecule is CCCCCCCCCCCCOCC(C)OCC(C)OCC(C)OCC(C)OCC(C)OCC(C)OS(=O)(=O)O. The summed E-state index contributed by atoms with van der Waals surface area (Å²) in [5.41, 5.74) is 0. The molecule has 0 aromatic rings. The zero-order valence-electron chi connectivity index (χ0n) is 27.0. The van der Waals surface area contributed by atoms with Crippen LogP contribution in [0.3, 0.4) is 0 Å². The first-order valence-electron chi connectivity index (χ1n) is 15.7. The Labute approximate surface area is 251 Å². The lowest BCUT2D eigenvalue weighted by Gasteiger charge is -2.22. The van der Waals surface area contributed by atoms with Gasteiger partial charge in [-0.3, -0.25) is 4.55 Å². The minimum atomic E-state index is -4.49.